The van der Waals surface area contributed by atoms with Crippen molar-refractivity contribution in [2.24, 2.45) is 5.92 Å². The maximum atomic E-state index is 10.6. The van der Waals surface area contributed by atoms with Crippen molar-refractivity contribution in [2.45, 2.75) is 63.0 Å². The Hall–Kier alpha value is -2.95. The molecule has 1 aliphatic heterocycles. The van der Waals surface area contributed by atoms with Gasteiger partial charge in [0.1, 0.15) is 17.1 Å². The van der Waals surface area contributed by atoms with Gasteiger partial charge in [0.15, 0.2) is 0 Å². The predicted octanol–water partition coefficient (Wildman–Crippen LogP) is 3.25. The zero-order chi connectivity index (χ0) is 22.6. The SMILES string of the molecule is CC(O)(C#Cc1cc2c(cn1)c(C1CCN(C3CC3)CC1)cn2-c1ccnc(N)n1)C1CC1. The normalized spacial score (nSPS) is 21.5. The minimum absolute atomic E-state index is 0.253. The first kappa shape index (κ1) is 20.6. The van der Waals surface area contributed by atoms with Crippen molar-refractivity contribution in [1.29, 1.82) is 0 Å². The Bertz CT molecular complexity index is 1250. The van der Waals surface area contributed by atoms with E-state index in [0.717, 1.165) is 61.5 Å². The number of pyridine rings is 1. The molecule has 7 heteroatoms. The minimum Gasteiger partial charge on any atom is -0.378 e. The van der Waals surface area contributed by atoms with Gasteiger partial charge < -0.3 is 20.3 Å². The van der Waals surface area contributed by atoms with E-state index < -0.39 is 5.60 Å². The van der Waals surface area contributed by atoms with Gasteiger partial charge in [-0.2, -0.15) is 4.98 Å². The van der Waals surface area contributed by atoms with Gasteiger partial charge in [0.05, 0.1) is 5.52 Å². The van der Waals surface area contributed by atoms with Gasteiger partial charge in [-0.3, -0.25) is 0 Å². The van der Waals surface area contributed by atoms with Crippen molar-refractivity contribution >= 4 is 16.9 Å². The van der Waals surface area contributed by atoms with Crippen molar-refractivity contribution in [3.63, 3.8) is 0 Å². The highest BCUT2D eigenvalue weighted by atomic mass is 16.3. The van der Waals surface area contributed by atoms with Crippen LogP contribution in [-0.2, 0) is 0 Å². The number of nitrogens with zero attached hydrogens (tertiary/aromatic N) is 5. The number of rotatable bonds is 4. The van der Waals surface area contributed by atoms with Gasteiger partial charge >= 0.3 is 0 Å². The highest BCUT2D eigenvalue weighted by Crippen LogP contribution is 2.40. The van der Waals surface area contributed by atoms with Crippen molar-refractivity contribution in [3.8, 4) is 17.7 Å². The summed E-state index contributed by atoms with van der Waals surface area (Å²) in [5.41, 5.74) is 7.92. The zero-order valence-corrected chi connectivity index (χ0v) is 19.0. The zero-order valence-electron chi connectivity index (χ0n) is 19.0. The number of aromatic nitrogens is 4. The van der Waals surface area contributed by atoms with Gasteiger partial charge in [0.2, 0.25) is 5.95 Å². The second-order valence-corrected chi connectivity index (χ2v) is 10.0. The lowest BCUT2D eigenvalue weighted by Crippen LogP contribution is -2.34. The maximum absolute atomic E-state index is 10.6. The number of nitrogen functional groups attached to an aromatic ring is 1. The molecule has 33 heavy (non-hydrogen) atoms. The average Bonchev–Trinajstić information content (AvgIpc) is 3.73. The summed E-state index contributed by atoms with van der Waals surface area (Å²) in [6.07, 6.45) is 12.9. The summed E-state index contributed by atoms with van der Waals surface area (Å²) in [7, 11) is 0. The van der Waals surface area contributed by atoms with E-state index in [-0.39, 0.29) is 11.9 Å². The first-order valence-corrected chi connectivity index (χ1v) is 12.1. The monoisotopic (exact) mass is 442 g/mol. The largest absolute Gasteiger partial charge is 0.378 e. The third-order valence-electron chi connectivity index (χ3n) is 7.48. The third kappa shape index (κ3) is 4.09. The Balaban J connectivity index is 1.39. The van der Waals surface area contributed by atoms with E-state index in [1.807, 2.05) is 18.3 Å². The van der Waals surface area contributed by atoms with Crippen molar-refractivity contribution in [1.82, 2.24) is 24.4 Å². The molecule has 7 nitrogen and oxygen atoms in total. The highest BCUT2D eigenvalue weighted by Gasteiger charge is 2.38. The number of nitrogens with two attached hydrogens (primary N) is 1. The van der Waals surface area contributed by atoms with Crippen LogP contribution in [0.25, 0.3) is 16.7 Å². The number of piperidine rings is 1. The molecule has 1 unspecified atom stereocenters. The van der Waals surface area contributed by atoms with Crippen LogP contribution in [0, 0.1) is 17.8 Å². The van der Waals surface area contributed by atoms with Gasteiger partial charge in [-0.05, 0) is 94.0 Å². The van der Waals surface area contributed by atoms with E-state index in [0.29, 0.717) is 11.6 Å². The Kier molecular flexibility index (Phi) is 4.89. The van der Waals surface area contributed by atoms with Gasteiger partial charge in [-0.1, -0.05) is 5.92 Å². The molecule has 170 valence electrons. The number of likely N-dealkylation sites (tertiary alicyclic amines) is 1. The van der Waals surface area contributed by atoms with E-state index in [9.17, 15) is 5.11 Å². The summed E-state index contributed by atoms with van der Waals surface area (Å²) in [6.45, 7) is 4.13. The molecule has 3 fully saturated rings. The van der Waals surface area contributed by atoms with E-state index in [4.69, 9.17) is 5.73 Å². The average molecular weight is 443 g/mol. The molecule has 0 bridgehead atoms. The van der Waals surface area contributed by atoms with Crippen LogP contribution in [0.15, 0.2) is 30.7 Å². The van der Waals surface area contributed by atoms with Gasteiger partial charge in [0, 0.05) is 30.0 Å². The van der Waals surface area contributed by atoms with Crippen LogP contribution in [0.2, 0.25) is 0 Å². The first-order chi connectivity index (χ1) is 16.0. The maximum Gasteiger partial charge on any atom is 0.221 e. The molecule has 1 saturated heterocycles. The molecule has 4 heterocycles. The third-order valence-corrected chi connectivity index (χ3v) is 7.48. The molecule has 3 aromatic heterocycles. The van der Waals surface area contributed by atoms with Crippen LogP contribution >= 0.6 is 0 Å². The molecule has 1 atom stereocenters. The van der Waals surface area contributed by atoms with E-state index in [1.165, 1.54) is 18.4 Å². The standard InChI is InChI=1S/C26H30N6O/c1-26(33,18-2-3-18)10-6-19-14-23-21(15-29-19)22(16-32(23)24-7-11-28-25(27)30-24)17-8-12-31(13-9-17)20-4-5-20/h7,11,14-18,20,33H,2-5,8-9,12-13H2,1H3,(H2,27,28,30). The Labute approximate surface area is 194 Å². The van der Waals surface area contributed by atoms with E-state index in [1.54, 1.807) is 13.1 Å². The summed E-state index contributed by atoms with van der Waals surface area (Å²) in [6, 6.07) is 4.71. The summed E-state index contributed by atoms with van der Waals surface area (Å²) in [4.78, 5) is 15.8. The molecule has 6 rings (SSSR count). The Morgan fingerprint density at radius 1 is 1.12 bits per heavy atom. The van der Waals surface area contributed by atoms with Crippen molar-refractivity contribution in [3.05, 3.63) is 42.0 Å². The van der Waals surface area contributed by atoms with Gasteiger partial charge in [-0.15, -0.1) is 0 Å². The van der Waals surface area contributed by atoms with Crippen molar-refractivity contribution < 1.29 is 5.11 Å². The predicted molar refractivity (Wildman–Crippen MR) is 128 cm³/mol. The second-order valence-electron chi connectivity index (χ2n) is 10.0. The lowest BCUT2D eigenvalue weighted by atomic mass is 9.89. The second kappa shape index (κ2) is 7.82. The molecule has 3 aliphatic rings. The van der Waals surface area contributed by atoms with Crippen LogP contribution in [-0.4, -0.2) is 54.3 Å². The van der Waals surface area contributed by atoms with Gasteiger partial charge in [-0.25, -0.2) is 9.97 Å². The van der Waals surface area contributed by atoms with Crippen LogP contribution in [0.3, 0.4) is 0 Å². The lowest BCUT2D eigenvalue weighted by molar-refractivity contribution is 0.0980. The number of hydrogen-bond acceptors (Lipinski definition) is 6. The summed E-state index contributed by atoms with van der Waals surface area (Å²) in [5.74, 6) is 7.92. The van der Waals surface area contributed by atoms with Crippen LogP contribution in [0.5, 0.6) is 0 Å². The van der Waals surface area contributed by atoms with Crippen LogP contribution in [0.1, 0.15) is 62.6 Å². The highest BCUT2D eigenvalue weighted by molar-refractivity contribution is 5.86. The quantitative estimate of drug-likeness (QED) is 0.603. The number of fused-ring (bicyclic) bond motifs is 1. The van der Waals surface area contributed by atoms with Crippen molar-refractivity contribution in [2.75, 3.05) is 18.8 Å². The molecule has 2 aliphatic carbocycles. The molecule has 0 aromatic carbocycles. The summed E-state index contributed by atoms with van der Waals surface area (Å²) >= 11 is 0. The number of anilines is 1. The molecule has 0 amide bonds. The Morgan fingerprint density at radius 2 is 1.91 bits per heavy atom. The topological polar surface area (TPSA) is 93.1 Å². The fraction of sp³-hybridized carbons (Fsp3) is 0.500. The number of aliphatic hydroxyl groups is 1. The number of hydrogen-bond donors (Lipinski definition) is 2. The van der Waals surface area contributed by atoms with Gasteiger partial charge in [0.25, 0.3) is 0 Å². The molecule has 3 N–H and O–H groups in total. The molecule has 0 spiro atoms. The molecular formula is C26H30N6O. The van der Waals surface area contributed by atoms with E-state index in [2.05, 4.69) is 42.5 Å². The van der Waals surface area contributed by atoms with E-state index >= 15 is 0 Å². The first-order valence-electron chi connectivity index (χ1n) is 12.1. The Morgan fingerprint density at radius 3 is 2.61 bits per heavy atom. The molecule has 0 radical (unpaired) electrons. The summed E-state index contributed by atoms with van der Waals surface area (Å²) in [5, 5.41) is 11.7. The van der Waals surface area contributed by atoms with Crippen LogP contribution in [0.4, 0.5) is 5.95 Å². The lowest BCUT2D eigenvalue weighted by Gasteiger charge is -2.31. The smallest absolute Gasteiger partial charge is 0.221 e. The molecule has 2 saturated carbocycles. The fourth-order valence-electron chi connectivity index (χ4n) is 5.18. The minimum atomic E-state index is -0.958. The summed E-state index contributed by atoms with van der Waals surface area (Å²) < 4.78 is 2.09. The fourth-order valence-corrected chi connectivity index (χ4v) is 5.18. The van der Waals surface area contributed by atoms with Crippen LogP contribution < -0.4 is 5.73 Å². The molecule has 3 aromatic rings. The molecular weight excluding hydrogens is 412 g/mol.